The van der Waals surface area contributed by atoms with E-state index in [1.165, 1.54) is 29.2 Å². The normalized spacial score (nSPS) is 12.7. The first kappa shape index (κ1) is 23.9. The second kappa shape index (κ2) is 9.35. The second-order valence-corrected chi connectivity index (χ2v) is 6.55. The molecule has 0 N–H and O–H groups in total. The Balaban J connectivity index is 0.00000156. The number of benzene rings is 2. The maximum Gasteiger partial charge on any atom is 1.00 e. The van der Waals surface area contributed by atoms with Crippen molar-refractivity contribution < 1.29 is 130 Å². The van der Waals surface area contributed by atoms with Gasteiger partial charge in [0.05, 0.1) is 10.6 Å². The van der Waals surface area contributed by atoms with Crippen LogP contribution >= 0.6 is 0 Å². The average molecular weight is 412 g/mol. The van der Waals surface area contributed by atoms with E-state index in [1.807, 2.05) is 0 Å². The summed E-state index contributed by atoms with van der Waals surface area (Å²) in [6.07, 6.45) is 0.0292. The zero-order valence-corrected chi connectivity index (χ0v) is 20.9. The molecular formula is C15H11K2NO6S. The van der Waals surface area contributed by atoms with Crippen LogP contribution in [0.15, 0.2) is 35.2 Å². The van der Waals surface area contributed by atoms with E-state index in [0.29, 0.717) is 16.6 Å². The summed E-state index contributed by atoms with van der Waals surface area (Å²) in [5, 5.41) is 11.1. The molecule has 1 aliphatic heterocycles. The smallest absolute Gasteiger partial charge is 0.744 e. The summed E-state index contributed by atoms with van der Waals surface area (Å²) >= 11 is 0. The van der Waals surface area contributed by atoms with Gasteiger partial charge in [0, 0.05) is 28.8 Å². The molecule has 2 aromatic rings. The number of carboxylic acids is 1. The molecule has 25 heavy (non-hydrogen) atoms. The van der Waals surface area contributed by atoms with E-state index in [0.717, 1.165) is 0 Å². The van der Waals surface area contributed by atoms with E-state index in [-0.39, 0.29) is 138 Å². The fraction of sp³-hybridized carbons (Fsp3) is 0.200. The molecule has 1 aliphatic rings. The van der Waals surface area contributed by atoms with Crippen LogP contribution in [0.25, 0.3) is 10.8 Å². The molecule has 0 radical (unpaired) electrons. The van der Waals surface area contributed by atoms with Crippen molar-refractivity contribution in [2.75, 3.05) is 11.4 Å². The first-order valence-corrected chi connectivity index (χ1v) is 8.25. The third-order valence-corrected chi connectivity index (χ3v) is 4.67. The molecule has 120 valence electrons. The molecule has 0 saturated carbocycles. The topological polar surface area (TPSA) is 118 Å². The minimum atomic E-state index is -4.66. The van der Waals surface area contributed by atoms with Gasteiger partial charge in [0.15, 0.2) is 0 Å². The Morgan fingerprint density at radius 3 is 2.40 bits per heavy atom. The Morgan fingerprint density at radius 1 is 1.12 bits per heavy atom. The molecule has 0 bridgehead atoms. The SMILES string of the molecule is O=C([O-])CCCN1C(=O)c2cccc3c(S(=O)(=O)[O-])ccc1c23.[K+].[K+]. The van der Waals surface area contributed by atoms with Crippen LogP contribution in [0.1, 0.15) is 23.2 Å². The van der Waals surface area contributed by atoms with Gasteiger partial charge >= 0.3 is 103 Å². The van der Waals surface area contributed by atoms with Gasteiger partial charge in [-0.15, -0.1) is 0 Å². The van der Waals surface area contributed by atoms with E-state index in [9.17, 15) is 27.7 Å². The number of carboxylic acid groups (broad SMARTS) is 1. The van der Waals surface area contributed by atoms with Crippen molar-refractivity contribution in [3.63, 3.8) is 0 Å². The number of rotatable bonds is 5. The van der Waals surface area contributed by atoms with Crippen LogP contribution in [0.4, 0.5) is 5.69 Å². The van der Waals surface area contributed by atoms with Gasteiger partial charge in [0.1, 0.15) is 10.1 Å². The summed E-state index contributed by atoms with van der Waals surface area (Å²) in [6.45, 7) is 0.167. The number of carbonyl (C=O) groups is 2. The number of hydrogen-bond donors (Lipinski definition) is 0. The van der Waals surface area contributed by atoms with E-state index in [4.69, 9.17) is 0 Å². The Morgan fingerprint density at radius 2 is 1.80 bits per heavy atom. The fourth-order valence-corrected chi connectivity index (χ4v) is 3.51. The molecule has 1 heterocycles. The maximum absolute atomic E-state index is 12.4. The fourth-order valence-electron chi connectivity index (χ4n) is 2.84. The average Bonchev–Trinajstić information content (AvgIpc) is 2.74. The molecule has 1 amide bonds. The van der Waals surface area contributed by atoms with Crippen molar-refractivity contribution in [1.29, 1.82) is 0 Å². The Hall–Kier alpha value is 0.823. The zero-order chi connectivity index (χ0) is 16.8. The Kier molecular flexibility index (Phi) is 8.92. The van der Waals surface area contributed by atoms with Crippen molar-refractivity contribution in [2.45, 2.75) is 17.7 Å². The number of hydrogen-bond acceptors (Lipinski definition) is 6. The van der Waals surface area contributed by atoms with Crippen LogP contribution in [0, 0.1) is 0 Å². The van der Waals surface area contributed by atoms with E-state index in [1.54, 1.807) is 6.07 Å². The standard InChI is InChI=1S/C15H13NO6S.2K/c17-13(18)5-2-8-16-11-6-7-12(23(20,21)22)9-3-1-4-10(14(9)11)15(16)19;;/h1,3-4,6-7H,2,5,8H2,(H,17,18)(H,20,21,22);;/q;2*+1/p-2. The molecular weight excluding hydrogens is 400 g/mol. The summed E-state index contributed by atoms with van der Waals surface area (Å²) in [5.41, 5.74) is 0.780. The van der Waals surface area contributed by atoms with Crippen LogP contribution < -0.4 is 113 Å². The summed E-state index contributed by atoms with van der Waals surface area (Å²) in [6, 6.07) is 7.12. The Labute approximate surface area is 229 Å². The van der Waals surface area contributed by atoms with Crippen molar-refractivity contribution in [2.24, 2.45) is 0 Å². The van der Waals surface area contributed by atoms with Crippen molar-refractivity contribution in [1.82, 2.24) is 0 Å². The van der Waals surface area contributed by atoms with Crippen LogP contribution in [-0.2, 0) is 14.9 Å². The second-order valence-electron chi connectivity index (χ2n) is 5.20. The first-order valence-electron chi connectivity index (χ1n) is 6.84. The molecule has 0 saturated heterocycles. The van der Waals surface area contributed by atoms with Gasteiger partial charge < -0.3 is 19.4 Å². The van der Waals surface area contributed by atoms with Gasteiger partial charge in [0.25, 0.3) is 5.91 Å². The van der Waals surface area contributed by atoms with Crippen molar-refractivity contribution in [3.05, 3.63) is 35.9 Å². The van der Waals surface area contributed by atoms with Crippen molar-refractivity contribution >= 4 is 38.5 Å². The molecule has 0 fully saturated rings. The van der Waals surface area contributed by atoms with Crippen LogP contribution in [0.3, 0.4) is 0 Å². The first-order chi connectivity index (χ1) is 10.8. The molecule has 0 spiro atoms. The summed E-state index contributed by atoms with van der Waals surface area (Å²) in [5.74, 6) is -1.54. The Bertz CT molecular complexity index is 944. The van der Waals surface area contributed by atoms with Crippen LogP contribution in [0.5, 0.6) is 0 Å². The third kappa shape index (κ3) is 4.81. The molecule has 0 unspecified atom stereocenters. The predicted octanol–water partition coefficient (Wildman–Crippen LogP) is -5.76. The van der Waals surface area contributed by atoms with Gasteiger partial charge in [-0.1, -0.05) is 12.1 Å². The summed E-state index contributed by atoms with van der Waals surface area (Å²) in [4.78, 5) is 24.0. The largest absolute Gasteiger partial charge is 1.00 e. The van der Waals surface area contributed by atoms with E-state index < -0.39 is 16.1 Å². The molecule has 0 aliphatic carbocycles. The van der Waals surface area contributed by atoms with Crippen LogP contribution in [0.2, 0.25) is 0 Å². The van der Waals surface area contributed by atoms with Gasteiger partial charge in [-0.2, -0.15) is 0 Å². The molecule has 10 heteroatoms. The third-order valence-electron chi connectivity index (χ3n) is 3.78. The van der Waals surface area contributed by atoms with Crippen molar-refractivity contribution in [3.8, 4) is 0 Å². The molecule has 7 nitrogen and oxygen atoms in total. The van der Waals surface area contributed by atoms with Gasteiger partial charge in [-0.05, 0) is 31.0 Å². The van der Waals surface area contributed by atoms with E-state index in [2.05, 4.69) is 0 Å². The minimum absolute atomic E-state index is 0. The minimum Gasteiger partial charge on any atom is -0.744 e. The number of amides is 1. The number of nitrogens with zero attached hydrogens (tertiary/aromatic N) is 1. The van der Waals surface area contributed by atoms with E-state index >= 15 is 0 Å². The summed E-state index contributed by atoms with van der Waals surface area (Å²) < 4.78 is 34.1. The maximum atomic E-state index is 12.4. The molecule has 0 aromatic heterocycles. The monoisotopic (exact) mass is 411 g/mol. The van der Waals surface area contributed by atoms with Gasteiger partial charge in [0.2, 0.25) is 0 Å². The molecule has 0 atom stereocenters. The molecule has 2 aromatic carbocycles. The van der Waals surface area contributed by atoms with Gasteiger partial charge in [-0.25, -0.2) is 8.42 Å². The molecule has 3 rings (SSSR count). The van der Waals surface area contributed by atoms with Gasteiger partial charge in [-0.3, -0.25) is 4.79 Å². The predicted molar refractivity (Wildman–Crippen MR) is 77.8 cm³/mol. The number of anilines is 1. The quantitative estimate of drug-likeness (QED) is 0.357. The summed E-state index contributed by atoms with van der Waals surface area (Å²) in [7, 11) is -4.66. The number of aliphatic carboxylic acids is 1. The van der Waals surface area contributed by atoms with Crippen LogP contribution in [-0.4, -0.2) is 31.4 Å². The zero-order valence-electron chi connectivity index (χ0n) is 13.8. The number of carbonyl (C=O) groups excluding carboxylic acids is 2.